The van der Waals surface area contributed by atoms with Crippen molar-refractivity contribution >= 4 is 16.9 Å². The summed E-state index contributed by atoms with van der Waals surface area (Å²) < 4.78 is 13.3. The number of nitrogens with one attached hydrogen (secondary N) is 1. The summed E-state index contributed by atoms with van der Waals surface area (Å²) >= 11 is 0. The highest BCUT2D eigenvalue weighted by molar-refractivity contribution is 5.94. The molecular weight excluding hydrogens is 414 g/mol. The van der Waals surface area contributed by atoms with Crippen LogP contribution >= 0.6 is 0 Å². The number of nitrogens with zero attached hydrogens (tertiary/aromatic N) is 2. The highest BCUT2D eigenvalue weighted by Crippen LogP contribution is 2.22. The van der Waals surface area contributed by atoms with Gasteiger partial charge in [0.15, 0.2) is 0 Å². The molecule has 0 spiro atoms. The molecule has 1 N–H and O–H groups in total. The van der Waals surface area contributed by atoms with Crippen LogP contribution in [0.15, 0.2) is 72.8 Å². The molecule has 1 atom stereocenters. The lowest BCUT2D eigenvalue weighted by molar-refractivity contribution is 0.0937. The molecule has 0 radical (unpaired) electrons. The zero-order valence-electron chi connectivity index (χ0n) is 19.2. The van der Waals surface area contributed by atoms with Crippen LogP contribution in [0.1, 0.15) is 41.1 Å². The molecule has 0 fully saturated rings. The Hall–Kier alpha value is -3.80. The number of benzene rings is 3. The lowest BCUT2D eigenvalue weighted by Gasteiger charge is -2.17. The van der Waals surface area contributed by atoms with Crippen molar-refractivity contribution in [2.24, 2.45) is 0 Å². The number of imidazole rings is 1. The average Bonchev–Trinajstić information content (AvgIpc) is 3.21. The Balaban J connectivity index is 1.47. The van der Waals surface area contributed by atoms with Gasteiger partial charge in [0.05, 0.1) is 30.8 Å². The molecule has 6 nitrogen and oxygen atoms in total. The van der Waals surface area contributed by atoms with Crippen LogP contribution in [0.25, 0.3) is 11.0 Å². The van der Waals surface area contributed by atoms with Crippen molar-refractivity contribution in [3.8, 4) is 11.5 Å². The van der Waals surface area contributed by atoms with E-state index >= 15 is 0 Å². The molecule has 3 aromatic carbocycles. The van der Waals surface area contributed by atoms with Crippen molar-refractivity contribution < 1.29 is 14.3 Å². The van der Waals surface area contributed by atoms with E-state index in [-0.39, 0.29) is 11.9 Å². The summed E-state index contributed by atoms with van der Waals surface area (Å²) in [6.45, 7) is 5.35. The Kier molecular flexibility index (Phi) is 6.93. The van der Waals surface area contributed by atoms with Gasteiger partial charge in [-0.25, -0.2) is 4.98 Å². The van der Waals surface area contributed by atoms with Gasteiger partial charge in [0.2, 0.25) is 0 Å². The van der Waals surface area contributed by atoms with Crippen molar-refractivity contribution in [3.05, 3.63) is 89.7 Å². The Morgan fingerprint density at radius 2 is 1.82 bits per heavy atom. The molecule has 6 heteroatoms. The third kappa shape index (κ3) is 5.34. The lowest BCUT2D eigenvalue weighted by Crippen LogP contribution is -2.29. The van der Waals surface area contributed by atoms with Gasteiger partial charge < -0.3 is 19.4 Å². The van der Waals surface area contributed by atoms with Crippen molar-refractivity contribution in [2.75, 3.05) is 13.7 Å². The summed E-state index contributed by atoms with van der Waals surface area (Å²) in [6, 6.07) is 23.0. The predicted molar refractivity (Wildman–Crippen MR) is 130 cm³/mol. The normalized spacial score (nSPS) is 11.8. The molecule has 0 saturated carbocycles. The van der Waals surface area contributed by atoms with Crippen LogP contribution in [0.2, 0.25) is 0 Å². The molecule has 1 amide bonds. The van der Waals surface area contributed by atoms with E-state index in [2.05, 4.69) is 22.9 Å². The zero-order valence-corrected chi connectivity index (χ0v) is 19.2. The second-order valence-electron chi connectivity index (χ2n) is 8.05. The number of carbonyl (C=O) groups is 1. The fraction of sp³-hybridized carbons (Fsp3) is 0.259. The highest BCUT2D eigenvalue weighted by atomic mass is 16.5. The lowest BCUT2D eigenvalue weighted by atomic mass is 10.2. The quantitative estimate of drug-likeness (QED) is 0.356. The monoisotopic (exact) mass is 443 g/mol. The number of ether oxygens (including phenoxy) is 2. The van der Waals surface area contributed by atoms with Crippen LogP contribution in [-0.4, -0.2) is 29.2 Å². The number of hydrogen-bond acceptors (Lipinski definition) is 4. The minimum atomic E-state index is -0.269. The van der Waals surface area contributed by atoms with Crippen LogP contribution in [-0.2, 0) is 6.54 Å². The van der Waals surface area contributed by atoms with Crippen LogP contribution in [0.3, 0.4) is 0 Å². The first-order valence-electron chi connectivity index (χ1n) is 11.1. The zero-order chi connectivity index (χ0) is 23.2. The fourth-order valence-electron chi connectivity index (χ4n) is 3.82. The van der Waals surface area contributed by atoms with Gasteiger partial charge in [0, 0.05) is 12.1 Å². The van der Waals surface area contributed by atoms with Crippen LogP contribution in [0.5, 0.6) is 11.5 Å². The van der Waals surface area contributed by atoms with Gasteiger partial charge in [0.1, 0.15) is 17.3 Å². The maximum atomic E-state index is 12.8. The number of aromatic nitrogens is 2. The Labute approximate surface area is 194 Å². The maximum absolute atomic E-state index is 12.8. The number of rotatable bonds is 9. The summed E-state index contributed by atoms with van der Waals surface area (Å²) in [7, 11) is 1.59. The van der Waals surface area contributed by atoms with Crippen molar-refractivity contribution in [1.82, 2.24) is 14.9 Å². The molecule has 0 bridgehead atoms. The first-order chi connectivity index (χ1) is 16.0. The van der Waals surface area contributed by atoms with Gasteiger partial charge in [-0.2, -0.15) is 0 Å². The number of carbonyl (C=O) groups excluding carboxylic acids is 1. The van der Waals surface area contributed by atoms with Crippen molar-refractivity contribution in [3.63, 3.8) is 0 Å². The minimum absolute atomic E-state index is 0.164. The maximum Gasteiger partial charge on any atom is 0.251 e. The van der Waals surface area contributed by atoms with E-state index in [1.165, 1.54) is 5.56 Å². The highest BCUT2D eigenvalue weighted by Gasteiger charge is 2.19. The molecule has 0 aliphatic carbocycles. The third-order valence-corrected chi connectivity index (χ3v) is 5.57. The SMILES string of the molecule is COc1cccc(C(=O)NC(C)c2nc3ccccc3n2CCCOc2ccc(C)cc2)c1. The molecule has 0 aliphatic rings. The van der Waals surface area contributed by atoms with Gasteiger partial charge in [-0.3, -0.25) is 4.79 Å². The largest absolute Gasteiger partial charge is 0.497 e. The van der Waals surface area contributed by atoms with Gasteiger partial charge in [-0.05, 0) is 62.7 Å². The van der Waals surface area contributed by atoms with Gasteiger partial charge in [-0.15, -0.1) is 0 Å². The molecule has 1 unspecified atom stereocenters. The average molecular weight is 444 g/mol. The summed E-state index contributed by atoms with van der Waals surface area (Å²) in [5.74, 6) is 2.18. The number of fused-ring (bicyclic) bond motifs is 1. The van der Waals surface area contributed by atoms with Gasteiger partial charge in [-0.1, -0.05) is 35.9 Å². The van der Waals surface area contributed by atoms with Crippen LogP contribution in [0, 0.1) is 6.92 Å². The fourth-order valence-corrected chi connectivity index (χ4v) is 3.82. The summed E-state index contributed by atoms with van der Waals surface area (Å²) in [5, 5.41) is 3.08. The van der Waals surface area contributed by atoms with E-state index < -0.39 is 0 Å². The first-order valence-corrected chi connectivity index (χ1v) is 11.1. The molecule has 4 aromatic rings. The Morgan fingerprint density at radius 1 is 1.03 bits per heavy atom. The number of hydrogen-bond donors (Lipinski definition) is 1. The van der Waals surface area contributed by atoms with E-state index in [0.29, 0.717) is 17.9 Å². The third-order valence-electron chi connectivity index (χ3n) is 5.57. The standard InChI is InChI=1S/C27H29N3O3/c1-19-12-14-22(15-13-19)33-17-7-16-30-25-11-5-4-10-24(25)29-26(30)20(2)28-27(31)21-8-6-9-23(18-21)32-3/h4-6,8-15,18,20H,7,16-17H2,1-3H3,(H,28,31). The van der Waals surface area contributed by atoms with E-state index in [0.717, 1.165) is 35.6 Å². The van der Waals surface area contributed by atoms with Crippen molar-refractivity contribution in [1.29, 1.82) is 0 Å². The topological polar surface area (TPSA) is 65.4 Å². The molecule has 0 aliphatic heterocycles. The van der Waals surface area contributed by atoms with Crippen LogP contribution in [0.4, 0.5) is 0 Å². The summed E-state index contributed by atoms with van der Waals surface area (Å²) in [6.07, 6.45) is 0.817. The van der Waals surface area contributed by atoms with Crippen LogP contribution < -0.4 is 14.8 Å². The van der Waals surface area contributed by atoms with E-state index in [1.54, 1.807) is 19.2 Å². The number of para-hydroxylation sites is 2. The minimum Gasteiger partial charge on any atom is -0.497 e. The molecular formula is C27H29N3O3. The molecule has 0 saturated heterocycles. The molecule has 4 rings (SSSR count). The number of amides is 1. The number of methoxy groups -OCH3 is 1. The van der Waals surface area contributed by atoms with E-state index in [1.807, 2.05) is 61.5 Å². The molecule has 33 heavy (non-hydrogen) atoms. The Morgan fingerprint density at radius 3 is 2.61 bits per heavy atom. The van der Waals surface area contributed by atoms with Gasteiger partial charge in [0.25, 0.3) is 5.91 Å². The van der Waals surface area contributed by atoms with Crippen molar-refractivity contribution in [2.45, 2.75) is 32.9 Å². The molecule has 1 heterocycles. The predicted octanol–water partition coefficient (Wildman–Crippen LogP) is 5.31. The number of aryl methyl sites for hydroxylation is 2. The first kappa shape index (κ1) is 22.4. The molecule has 170 valence electrons. The van der Waals surface area contributed by atoms with Gasteiger partial charge >= 0.3 is 0 Å². The van der Waals surface area contributed by atoms with E-state index in [9.17, 15) is 4.79 Å². The molecule has 1 aromatic heterocycles. The second-order valence-corrected chi connectivity index (χ2v) is 8.05. The van der Waals surface area contributed by atoms with E-state index in [4.69, 9.17) is 14.5 Å². The Bertz CT molecular complexity index is 1230. The second kappa shape index (κ2) is 10.2. The summed E-state index contributed by atoms with van der Waals surface area (Å²) in [5.41, 5.74) is 3.72. The summed E-state index contributed by atoms with van der Waals surface area (Å²) in [4.78, 5) is 17.7. The smallest absolute Gasteiger partial charge is 0.251 e.